The zero-order valence-corrected chi connectivity index (χ0v) is 10.0. The van der Waals surface area contributed by atoms with Crippen molar-refractivity contribution in [2.45, 2.75) is 6.92 Å². The minimum absolute atomic E-state index is 0.132. The van der Waals surface area contributed by atoms with Gasteiger partial charge in [0.1, 0.15) is 0 Å². The quantitative estimate of drug-likeness (QED) is 0.671. The van der Waals surface area contributed by atoms with Gasteiger partial charge in [0.05, 0.1) is 0 Å². The number of nitrogens with one attached hydrogen (secondary N) is 3. The maximum absolute atomic E-state index is 11.7. The second-order valence-electron chi connectivity index (χ2n) is 3.63. The molecule has 5 heteroatoms. The minimum atomic E-state index is -0.255. The Morgan fingerprint density at radius 3 is 2.53 bits per heavy atom. The summed E-state index contributed by atoms with van der Waals surface area (Å²) in [6, 6.07) is 7.10. The van der Waals surface area contributed by atoms with E-state index in [1.807, 2.05) is 25.1 Å². The predicted molar refractivity (Wildman–Crippen MR) is 66.0 cm³/mol. The molecule has 3 N–H and O–H groups in total. The van der Waals surface area contributed by atoms with Crippen LogP contribution in [-0.2, 0) is 0 Å². The van der Waals surface area contributed by atoms with Crippen LogP contribution in [0, 0.1) is 6.92 Å². The highest BCUT2D eigenvalue weighted by atomic mass is 16.2. The molecule has 0 aliphatic carbocycles. The summed E-state index contributed by atoms with van der Waals surface area (Å²) in [5.41, 5.74) is 1.67. The van der Waals surface area contributed by atoms with E-state index >= 15 is 0 Å². The lowest BCUT2D eigenvalue weighted by molar-refractivity contribution is 0.0953. The van der Waals surface area contributed by atoms with Gasteiger partial charge in [0, 0.05) is 25.7 Å². The molecule has 0 atom stereocenters. The van der Waals surface area contributed by atoms with Crippen LogP contribution >= 0.6 is 0 Å². The average Bonchev–Trinajstić information content (AvgIpc) is 2.34. The van der Waals surface area contributed by atoms with Crippen LogP contribution in [-0.4, -0.2) is 32.1 Å². The number of rotatable bonds is 4. The van der Waals surface area contributed by atoms with E-state index in [4.69, 9.17) is 0 Å². The van der Waals surface area contributed by atoms with Crippen LogP contribution in [0.25, 0.3) is 0 Å². The van der Waals surface area contributed by atoms with Gasteiger partial charge in [-0.15, -0.1) is 0 Å². The predicted octanol–water partition coefficient (Wildman–Crippen LogP) is 0.654. The van der Waals surface area contributed by atoms with Crippen molar-refractivity contribution < 1.29 is 9.59 Å². The van der Waals surface area contributed by atoms with Gasteiger partial charge in [0.25, 0.3) is 5.91 Å². The van der Waals surface area contributed by atoms with Gasteiger partial charge in [-0.2, -0.15) is 0 Å². The van der Waals surface area contributed by atoms with Crippen LogP contribution in [0.1, 0.15) is 15.9 Å². The summed E-state index contributed by atoms with van der Waals surface area (Å²) in [7, 11) is 1.54. The van der Waals surface area contributed by atoms with Crippen LogP contribution in [0.15, 0.2) is 24.3 Å². The molecule has 92 valence electrons. The van der Waals surface area contributed by atoms with Crippen molar-refractivity contribution in [2.75, 3.05) is 20.1 Å². The highest BCUT2D eigenvalue weighted by Crippen LogP contribution is 2.03. The Kier molecular flexibility index (Phi) is 5.00. The zero-order valence-electron chi connectivity index (χ0n) is 10.0. The number of aryl methyl sites for hydroxylation is 1. The Labute approximate surface area is 101 Å². The topological polar surface area (TPSA) is 70.2 Å². The van der Waals surface area contributed by atoms with Crippen molar-refractivity contribution in [3.8, 4) is 0 Å². The van der Waals surface area contributed by atoms with Crippen molar-refractivity contribution in [1.29, 1.82) is 0 Å². The molecule has 1 aromatic carbocycles. The first-order valence-electron chi connectivity index (χ1n) is 5.44. The number of benzene rings is 1. The van der Waals surface area contributed by atoms with Gasteiger partial charge in [0.15, 0.2) is 0 Å². The molecule has 0 bridgehead atoms. The van der Waals surface area contributed by atoms with Gasteiger partial charge >= 0.3 is 6.03 Å². The Bertz CT molecular complexity index is 404. The molecule has 1 rings (SSSR count). The third-order valence-corrected chi connectivity index (χ3v) is 2.20. The summed E-state index contributed by atoms with van der Waals surface area (Å²) in [5, 5.41) is 7.74. The summed E-state index contributed by atoms with van der Waals surface area (Å²) < 4.78 is 0. The van der Waals surface area contributed by atoms with E-state index in [9.17, 15) is 9.59 Å². The Balaban J connectivity index is 2.33. The fourth-order valence-corrected chi connectivity index (χ4v) is 1.33. The van der Waals surface area contributed by atoms with E-state index in [0.29, 0.717) is 18.7 Å². The molecule has 0 aromatic heterocycles. The normalized spacial score (nSPS) is 9.53. The van der Waals surface area contributed by atoms with Gasteiger partial charge in [-0.25, -0.2) is 4.79 Å². The van der Waals surface area contributed by atoms with Crippen molar-refractivity contribution in [3.05, 3.63) is 35.4 Å². The van der Waals surface area contributed by atoms with Gasteiger partial charge in [-0.1, -0.05) is 17.7 Å². The lowest BCUT2D eigenvalue weighted by Crippen LogP contribution is -2.38. The first-order chi connectivity index (χ1) is 8.13. The lowest BCUT2D eigenvalue weighted by Gasteiger charge is -2.07. The smallest absolute Gasteiger partial charge is 0.314 e. The van der Waals surface area contributed by atoms with Crippen LogP contribution in [0.2, 0.25) is 0 Å². The van der Waals surface area contributed by atoms with E-state index in [-0.39, 0.29) is 11.9 Å². The number of amides is 3. The first kappa shape index (κ1) is 13.0. The molecule has 0 saturated carbocycles. The van der Waals surface area contributed by atoms with Crippen LogP contribution < -0.4 is 16.0 Å². The molecule has 17 heavy (non-hydrogen) atoms. The zero-order chi connectivity index (χ0) is 12.7. The third kappa shape index (κ3) is 4.55. The van der Waals surface area contributed by atoms with Gasteiger partial charge in [0.2, 0.25) is 0 Å². The molecule has 0 aliphatic rings. The molecule has 0 radical (unpaired) electrons. The van der Waals surface area contributed by atoms with Crippen LogP contribution in [0.5, 0.6) is 0 Å². The Hall–Kier alpha value is -2.04. The molecule has 0 saturated heterocycles. The van der Waals surface area contributed by atoms with E-state index in [1.54, 1.807) is 13.1 Å². The largest absolute Gasteiger partial charge is 0.350 e. The molecule has 0 spiro atoms. The second kappa shape index (κ2) is 6.52. The molecule has 1 aromatic rings. The lowest BCUT2D eigenvalue weighted by atomic mass is 10.1. The Morgan fingerprint density at radius 2 is 1.88 bits per heavy atom. The molecule has 0 unspecified atom stereocenters. The van der Waals surface area contributed by atoms with Crippen molar-refractivity contribution in [3.63, 3.8) is 0 Å². The molecule has 5 nitrogen and oxygen atoms in total. The van der Waals surface area contributed by atoms with E-state index < -0.39 is 0 Å². The van der Waals surface area contributed by atoms with Gasteiger partial charge in [-0.05, 0) is 19.1 Å². The SMILES string of the molecule is CNC(=O)NCCNC(=O)c1cccc(C)c1. The Morgan fingerprint density at radius 1 is 1.18 bits per heavy atom. The minimum Gasteiger partial charge on any atom is -0.350 e. The highest BCUT2D eigenvalue weighted by Gasteiger charge is 2.04. The monoisotopic (exact) mass is 235 g/mol. The summed E-state index contributed by atoms with van der Waals surface area (Å²) in [6.07, 6.45) is 0. The fourth-order valence-electron chi connectivity index (χ4n) is 1.33. The number of hydrogen-bond donors (Lipinski definition) is 3. The maximum atomic E-state index is 11.7. The van der Waals surface area contributed by atoms with Crippen molar-refractivity contribution in [2.24, 2.45) is 0 Å². The van der Waals surface area contributed by atoms with Gasteiger partial charge in [-0.3, -0.25) is 4.79 Å². The molecule has 3 amide bonds. The first-order valence-corrected chi connectivity index (χ1v) is 5.44. The molecule has 0 aliphatic heterocycles. The summed E-state index contributed by atoms with van der Waals surface area (Å²) in [5.74, 6) is -0.132. The maximum Gasteiger partial charge on any atom is 0.314 e. The standard InChI is InChI=1S/C12H17N3O2/c1-9-4-3-5-10(8-9)11(16)14-6-7-15-12(17)13-2/h3-5,8H,6-7H2,1-2H3,(H,14,16)(H2,13,15,17). The number of urea groups is 1. The number of carbonyl (C=O) groups is 2. The molecular formula is C12H17N3O2. The van der Waals surface area contributed by atoms with Crippen molar-refractivity contribution >= 4 is 11.9 Å². The van der Waals surface area contributed by atoms with Crippen LogP contribution in [0.4, 0.5) is 4.79 Å². The number of hydrogen-bond acceptors (Lipinski definition) is 2. The van der Waals surface area contributed by atoms with E-state index in [0.717, 1.165) is 5.56 Å². The average molecular weight is 235 g/mol. The molecule has 0 fully saturated rings. The number of carbonyl (C=O) groups excluding carboxylic acids is 2. The fraction of sp³-hybridized carbons (Fsp3) is 0.333. The second-order valence-corrected chi connectivity index (χ2v) is 3.63. The molecule has 0 heterocycles. The molecular weight excluding hydrogens is 218 g/mol. The highest BCUT2D eigenvalue weighted by molar-refractivity contribution is 5.94. The van der Waals surface area contributed by atoms with Crippen molar-refractivity contribution in [1.82, 2.24) is 16.0 Å². The van der Waals surface area contributed by atoms with Gasteiger partial charge < -0.3 is 16.0 Å². The van der Waals surface area contributed by atoms with E-state index in [1.165, 1.54) is 0 Å². The summed E-state index contributed by atoms with van der Waals surface area (Å²) in [4.78, 5) is 22.5. The summed E-state index contributed by atoms with van der Waals surface area (Å²) >= 11 is 0. The van der Waals surface area contributed by atoms with E-state index in [2.05, 4.69) is 16.0 Å². The third-order valence-electron chi connectivity index (χ3n) is 2.20. The van der Waals surface area contributed by atoms with Crippen LogP contribution in [0.3, 0.4) is 0 Å². The summed E-state index contributed by atoms with van der Waals surface area (Å²) in [6.45, 7) is 2.74.